The molecule has 0 radical (unpaired) electrons. The van der Waals surface area contributed by atoms with Crippen LogP contribution in [0.2, 0.25) is 0 Å². The van der Waals surface area contributed by atoms with E-state index in [2.05, 4.69) is 4.84 Å². The molecular weight excluding hydrogens is 245 g/mol. The first-order chi connectivity index (χ1) is 7.92. The Hall–Kier alpha value is -0.980. The quantitative estimate of drug-likeness (QED) is 0.583. The van der Waals surface area contributed by atoms with Gasteiger partial charge < -0.3 is 0 Å². The van der Waals surface area contributed by atoms with Crippen molar-refractivity contribution < 1.29 is 17.7 Å². The summed E-state index contributed by atoms with van der Waals surface area (Å²) in [7, 11) is -4.06. The maximum absolute atomic E-state index is 13.2. The molecule has 0 aliphatic heterocycles. The third-order valence-corrected chi connectivity index (χ3v) is 3.16. The maximum Gasteiger partial charge on any atom is 0.268 e. The van der Waals surface area contributed by atoms with E-state index in [-0.39, 0.29) is 12.5 Å². The van der Waals surface area contributed by atoms with Crippen LogP contribution in [-0.2, 0) is 20.6 Å². The highest BCUT2D eigenvalue weighted by Crippen LogP contribution is 2.12. The smallest absolute Gasteiger partial charge is 0.256 e. The third kappa shape index (κ3) is 4.80. The molecule has 0 aliphatic carbocycles. The first kappa shape index (κ1) is 14.1. The average Bonchev–Trinajstić information content (AvgIpc) is 2.26. The van der Waals surface area contributed by atoms with Crippen molar-refractivity contribution in [2.45, 2.75) is 19.6 Å². The molecule has 17 heavy (non-hydrogen) atoms. The second-order valence-electron chi connectivity index (χ2n) is 4.11. The van der Waals surface area contributed by atoms with Crippen LogP contribution >= 0.6 is 0 Å². The Morgan fingerprint density at radius 1 is 1.29 bits per heavy atom. The van der Waals surface area contributed by atoms with Gasteiger partial charge in [-0.2, -0.15) is 0 Å². The van der Waals surface area contributed by atoms with E-state index >= 15 is 0 Å². The summed E-state index contributed by atoms with van der Waals surface area (Å²) < 4.78 is 35.8. The lowest BCUT2D eigenvalue weighted by Gasteiger charge is -2.13. The summed E-state index contributed by atoms with van der Waals surface area (Å²) >= 11 is 0. The predicted molar refractivity (Wildman–Crippen MR) is 62.8 cm³/mol. The second-order valence-corrected chi connectivity index (χ2v) is 5.85. The number of hydrogen-bond donors (Lipinski definition) is 0. The lowest BCUT2D eigenvalue weighted by molar-refractivity contribution is -0.210. The Morgan fingerprint density at radius 2 is 1.88 bits per heavy atom. The molecule has 96 valence electrons. The van der Waals surface area contributed by atoms with Gasteiger partial charge in [-0.15, -0.1) is 0 Å². The SMILES string of the molecule is CC(C)CON(F)S(=O)(=O)Cc1ccccc1. The Morgan fingerprint density at radius 3 is 2.41 bits per heavy atom. The molecule has 0 amide bonds. The average molecular weight is 261 g/mol. The molecule has 0 heterocycles. The molecule has 0 aliphatic rings. The van der Waals surface area contributed by atoms with Crippen LogP contribution in [0, 0.1) is 5.92 Å². The number of benzene rings is 1. The van der Waals surface area contributed by atoms with Gasteiger partial charge in [0.2, 0.25) is 0 Å². The third-order valence-electron chi connectivity index (χ3n) is 1.92. The fourth-order valence-corrected chi connectivity index (χ4v) is 2.06. The van der Waals surface area contributed by atoms with E-state index in [1.54, 1.807) is 44.2 Å². The van der Waals surface area contributed by atoms with Crippen molar-refractivity contribution in [3.8, 4) is 0 Å². The van der Waals surface area contributed by atoms with Gasteiger partial charge in [-0.25, -0.2) is 8.42 Å². The van der Waals surface area contributed by atoms with Gasteiger partial charge >= 0.3 is 0 Å². The molecule has 1 aromatic carbocycles. The zero-order valence-corrected chi connectivity index (χ0v) is 10.7. The molecule has 6 heteroatoms. The summed E-state index contributed by atoms with van der Waals surface area (Å²) in [6.07, 6.45) is 0. The minimum atomic E-state index is -4.06. The molecule has 0 aromatic heterocycles. The van der Waals surface area contributed by atoms with Gasteiger partial charge in [-0.05, 0) is 11.5 Å². The second kappa shape index (κ2) is 6.09. The van der Waals surface area contributed by atoms with Gasteiger partial charge in [0.25, 0.3) is 10.0 Å². The summed E-state index contributed by atoms with van der Waals surface area (Å²) in [4.78, 5) is 4.52. The van der Waals surface area contributed by atoms with E-state index in [0.29, 0.717) is 5.56 Å². The Kier molecular flexibility index (Phi) is 5.04. The van der Waals surface area contributed by atoms with Gasteiger partial charge in [0.15, 0.2) is 0 Å². The lowest BCUT2D eigenvalue weighted by atomic mass is 10.2. The summed E-state index contributed by atoms with van der Waals surface area (Å²) in [6.45, 7) is 3.62. The molecule has 1 aromatic rings. The largest absolute Gasteiger partial charge is 0.268 e. The molecule has 4 nitrogen and oxygen atoms in total. The van der Waals surface area contributed by atoms with Crippen molar-refractivity contribution in [3.63, 3.8) is 0 Å². The van der Waals surface area contributed by atoms with Crippen molar-refractivity contribution in [1.82, 2.24) is 4.69 Å². The van der Waals surface area contributed by atoms with Crippen molar-refractivity contribution >= 4 is 10.0 Å². The lowest BCUT2D eigenvalue weighted by Crippen LogP contribution is -2.26. The van der Waals surface area contributed by atoms with E-state index < -0.39 is 20.5 Å². The van der Waals surface area contributed by atoms with Crippen molar-refractivity contribution in [2.75, 3.05) is 6.61 Å². The monoisotopic (exact) mass is 261 g/mol. The number of nitrogens with zero attached hydrogens (tertiary/aromatic N) is 1. The fourth-order valence-electron chi connectivity index (χ4n) is 1.12. The van der Waals surface area contributed by atoms with Crippen LogP contribution in [0.4, 0.5) is 4.48 Å². The van der Waals surface area contributed by atoms with Crippen molar-refractivity contribution in [2.24, 2.45) is 5.92 Å². The highest BCUT2D eigenvalue weighted by Gasteiger charge is 2.23. The van der Waals surface area contributed by atoms with E-state index in [1.165, 1.54) is 0 Å². The summed E-state index contributed by atoms with van der Waals surface area (Å²) in [5, 5.41) is 0. The van der Waals surface area contributed by atoms with Crippen LogP contribution < -0.4 is 0 Å². The molecule has 1 rings (SSSR count). The van der Waals surface area contributed by atoms with Crippen LogP contribution in [-0.4, -0.2) is 19.7 Å². The van der Waals surface area contributed by atoms with Crippen molar-refractivity contribution in [3.05, 3.63) is 35.9 Å². The molecule has 0 bridgehead atoms. The number of sulfonamides is 1. The first-order valence-corrected chi connectivity index (χ1v) is 6.88. The number of halogens is 1. The topological polar surface area (TPSA) is 46.6 Å². The number of rotatable bonds is 6. The molecule has 0 saturated carbocycles. The van der Waals surface area contributed by atoms with Crippen LogP contribution in [0.25, 0.3) is 0 Å². The summed E-state index contributed by atoms with van der Waals surface area (Å²) in [5.74, 6) is -0.359. The molecule has 0 spiro atoms. The molecule has 0 atom stereocenters. The van der Waals surface area contributed by atoms with E-state index in [1.807, 2.05) is 0 Å². The van der Waals surface area contributed by atoms with Gasteiger partial charge in [0, 0.05) is 0 Å². The number of hydrogen-bond acceptors (Lipinski definition) is 3. The van der Waals surface area contributed by atoms with Gasteiger partial charge in [0.05, 0.1) is 17.1 Å². The molecule has 0 saturated heterocycles. The zero-order chi connectivity index (χ0) is 12.9. The molecule has 0 unspecified atom stereocenters. The maximum atomic E-state index is 13.2. The zero-order valence-electron chi connectivity index (χ0n) is 9.84. The predicted octanol–water partition coefficient (Wildman–Crippen LogP) is 2.29. The Balaban J connectivity index is 2.62. The fraction of sp³-hybridized carbons (Fsp3) is 0.455. The summed E-state index contributed by atoms with van der Waals surface area (Å²) in [6, 6.07) is 8.39. The van der Waals surface area contributed by atoms with Crippen LogP contribution in [0.15, 0.2) is 30.3 Å². The first-order valence-electron chi connectivity index (χ1n) is 5.27. The van der Waals surface area contributed by atoms with E-state index in [4.69, 9.17) is 0 Å². The van der Waals surface area contributed by atoms with Crippen LogP contribution in [0.3, 0.4) is 0 Å². The van der Waals surface area contributed by atoms with Crippen molar-refractivity contribution in [1.29, 1.82) is 0 Å². The standard InChI is InChI=1S/C11H16FNO3S/c1-10(2)8-16-13(12)17(14,15)9-11-6-4-3-5-7-11/h3-7,10H,8-9H2,1-2H3. The van der Waals surface area contributed by atoms with Crippen LogP contribution in [0.5, 0.6) is 0 Å². The Labute approximate surface area is 101 Å². The van der Waals surface area contributed by atoms with Gasteiger partial charge in [0.1, 0.15) is 0 Å². The molecular formula is C11H16FNO3S. The van der Waals surface area contributed by atoms with E-state index in [0.717, 1.165) is 0 Å². The normalized spacial score (nSPS) is 12.3. The Bertz CT molecular complexity index is 433. The van der Waals surface area contributed by atoms with E-state index in [9.17, 15) is 12.9 Å². The molecule has 0 fully saturated rings. The highest BCUT2D eigenvalue weighted by molar-refractivity contribution is 7.88. The molecule has 0 N–H and O–H groups in total. The van der Waals surface area contributed by atoms with Crippen LogP contribution in [0.1, 0.15) is 19.4 Å². The highest BCUT2D eigenvalue weighted by atomic mass is 32.2. The van der Waals surface area contributed by atoms with Gasteiger partial charge in [-0.3, -0.25) is 4.84 Å². The summed E-state index contributed by atoms with van der Waals surface area (Å²) in [5.41, 5.74) is 0.517. The van der Waals surface area contributed by atoms with Gasteiger partial charge in [-0.1, -0.05) is 48.7 Å². The minimum Gasteiger partial charge on any atom is -0.256 e. The minimum absolute atomic E-state index is 0.0184.